The lowest BCUT2D eigenvalue weighted by atomic mass is 10.2. The molecule has 8 nitrogen and oxygen atoms in total. The summed E-state index contributed by atoms with van der Waals surface area (Å²) in [7, 11) is 0. The molecule has 3 aromatic heterocycles. The highest BCUT2D eigenvalue weighted by molar-refractivity contribution is 7.99. The highest BCUT2D eigenvalue weighted by Gasteiger charge is 2.15. The Kier molecular flexibility index (Phi) is 5.23. The quantitative estimate of drug-likeness (QED) is 0.511. The smallest absolute Gasteiger partial charge is 0.281 e. The molecule has 0 aliphatic rings. The Balaban J connectivity index is 1.74. The number of nitrogens with one attached hydrogen (secondary N) is 1. The molecule has 0 aliphatic heterocycles. The van der Waals surface area contributed by atoms with E-state index in [1.165, 1.54) is 29.4 Å². The molecule has 0 atom stereocenters. The maximum atomic E-state index is 12.6. The zero-order chi connectivity index (χ0) is 18.8. The fourth-order valence-corrected chi connectivity index (χ4v) is 4.19. The molecule has 3 heterocycles. The highest BCUT2D eigenvalue weighted by Crippen LogP contribution is 2.25. The molecule has 1 amide bonds. The van der Waals surface area contributed by atoms with Gasteiger partial charge >= 0.3 is 0 Å². The number of carbonyl (C=O) groups is 1. The van der Waals surface area contributed by atoms with Crippen molar-refractivity contribution in [2.24, 2.45) is 0 Å². The van der Waals surface area contributed by atoms with Crippen LogP contribution in [-0.2, 0) is 11.3 Å². The van der Waals surface area contributed by atoms with Crippen LogP contribution in [0.15, 0.2) is 28.9 Å². The van der Waals surface area contributed by atoms with Gasteiger partial charge in [-0.25, -0.2) is 9.66 Å². The lowest BCUT2D eigenvalue weighted by Gasteiger charge is -2.08. The molecule has 0 saturated heterocycles. The lowest BCUT2D eigenvalue weighted by molar-refractivity contribution is -0.114. The second-order valence-corrected chi connectivity index (χ2v) is 7.78. The van der Waals surface area contributed by atoms with Crippen LogP contribution < -0.4 is 11.0 Å². The van der Waals surface area contributed by atoms with E-state index < -0.39 is 0 Å². The molecule has 0 aromatic carbocycles. The fourth-order valence-electron chi connectivity index (χ4n) is 2.42. The van der Waals surface area contributed by atoms with Gasteiger partial charge in [-0.1, -0.05) is 17.8 Å². The van der Waals surface area contributed by atoms with E-state index >= 15 is 0 Å². The summed E-state index contributed by atoms with van der Waals surface area (Å²) >= 11 is 2.72. The standard InChI is InChI=1S/C16H18N6O2S2/c1-5-6-21-11(4)18-19-16(21)25-7-12(23)20-22-8-17-14-13(15(22)24)9(2)10(3)26-14/h5,8H,1,6-7H2,2-4H3,(H,20,23). The molecule has 3 aromatic rings. The van der Waals surface area contributed by atoms with Gasteiger partial charge in [0.15, 0.2) is 5.16 Å². The Hall–Kier alpha value is -2.46. The van der Waals surface area contributed by atoms with Gasteiger partial charge in [0.2, 0.25) is 5.91 Å². The van der Waals surface area contributed by atoms with Gasteiger partial charge < -0.3 is 4.57 Å². The second-order valence-electron chi connectivity index (χ2n) is 5.64. The number of thioether (sulfide) groups is 1. The number of aryl methyl sites for hydroxylation is 3. The molecule has 0 spiro atoms. The Bertz CT molecular complexity index is 1050. The van der Waals surface area contributed by atoms with Crippen LogP contribution >= 0.6 is 23.1 Å². The highest BCUT2D eigenvalue weighted by atomic mass is 32.2. The molecule has 0 fully saturated rings. The normalized spacial score (nSPS) is 11.0. The number of hydrogen-bond donors (Lipinski definition) is 1. The van der Waals surface area contributed by atoms with Crippen LogP contribution in [0.25, 0.3) is 10.2 Å². The third kappa shape index (κ3) is 3.42. The average molecular weight is 390 g/mol. The van der Waals surface area contributed by atoms with Crippen molar-refractivity contribution in [1.82, 2.24) is 24.4 Å². The zero-order valence-corrected chi connectivity index (χ0v) is 16.3. The van der Waals surface area contributed by atoms with Gasteiger partial charge in [0.1, 0.15) is 17.0 Å². The van der Waals surface area contributed by atoms with E-state index in [0.29, 0.717) is 21.9 Å². The van der Waals surface area contributed by atoms with Gasteiger partial charge in [0, 0.05) is 11.4 Å². The molecule has 0 radical (unpaired) electrons. The van der Waals surface area contributed by atoms with E-state index in [1.807, 2.05) is 25.3 Å². The maximum Gasteiger partial charge on any atom is 0.281 e. The first kappa shape index (κ1) is 18.3. The largest absolute Gasteiger partial charge is 0.302 e. The molecular weight excluding hydrogens is 372 g/mol. The summed E-state index contributed by atoms with van der Waals surface area (Å²) in [6.45, 7) is 9.94. The molecular formula is C16H18N6O2S2. The first-order chi connectivity index (χ1) is 12.4. The third-order valence-electron chi connectivity index (χ3n) is 3.88. The molecule has 10 heteroatoms. The molecule has 0 saturated carbocycles. The van der Waals surface area contributed by atoms with Crippen LogP contribution in [0.1, 0.15) is 16.3 Å². The van der Waals surface area contributed by atoms with Crippen LogP contribution in [-0.4, -0.2) is 36.1 Å². The molecule has 1 N–H and O–H groups in total. The summed E-state index contributed by atoms with van der Waals surface area (Å²) in [5, 5.41) is 9.23. The first-order valence-electron chi connectivity index (χ1n) is 7.83. The molecule has 136 valence electrons. The number of allylic oxidation sites excluding steroid dienone is 1. The van der Waals surface area contributed by atoms with Crippen molar-refractivity contribution in [1.29, 1.82) is 0 Å². The number of fused-ring (bicyclic) bond motifs is 1. The summed E-state index contributed by atoms with van der Waals surface area (Å²) in [5.74, 6) is 0.525. The number of carbonyl (C=O) groups excluding carboxylic acids is 1. The van der Waals surface area contributed by atoms with Crippen molar-refractivity contribution in [3.05, 3.63) is 45.6 Å². The van der Waals surface area contributed by atoms with E-state index in [-0.39, 0.29) is 17.2 Å². The van der Waals surface area contributed by atoms with E-state index in [4.69, 9.17) is 0 Å². The molecule has 0 bridgehead atoms. The number of thiophene rings is 1. The number of aromatic nitrogens is 5. The van der Waals surface area contributed by atoms with Gasteiger partial charge in [0.05, 0.1) is 11.1 Å². The minimum Gasteiger partial charge on any atom is -0.302 e. The van der Waals surface area contributed by atoms with Gasteiger partial charge in [-0.15, -0.1) is 28.1 Å². The van der Waals surface area contributed by atoms with Crippen molar-refractivity contribution >= 4 is 39.2 Å². The van der Waals surface area contributed by atoms with E-state index in [0.717, 1.165) is 20.9 Å². The van der Waals surface area contributed by atoms with Crippen LogP contribution in [0.2, 0.25) is 0 Å². The van der Waals surface area contributed by atoms with Crippen LogP contribution in [0.4, 0.5) is 0 Å². The summed E-state index contributed by atoms with van der Waals surface area (Å²) in [4.78, 5) is 30.8. The number of nitrogens with zero attached hydrogens (tertiary/aromatic N) is 5. The van der Waals surface area contributed by atoms with E-state index in [2.05, 4.69) is 27.2 Å². The number of hydrogen-bond acceptors (Lipinski definition) is 7. The Labute approximate surface area is 157 Å². The number of rotatable bonds is 6. The van der Waals surface area contributed by atoms with Crippen molar-refractivity contribution < 1.29 is 4.79 Å². The average Bonchev–Trinajstić information content (AvgIpc) is 3.10. The predicted molar refractivity (Wildman–Crippen MR) is 103 cm³/mol. The van der Waals surface area contributed by atoms with E-state index in [1.54, 1.807) is 6.08 Å². The lowest BCUT2D eigenvalue weighted by Crippen LogP contribution is -2.34. The molecule has 0 unspecified atom stereocenters. The van der Waals surface area contributed by atoms with Gasteiger partial charge in [0.25, 0.3) is 5.56 Å². The maximum absolute atomic E-state index is 12.6. The Morgan fingerprint density at radius 2 is 2.15 bits per heavy atom. The third-order valence-corrected chi connectivity index (χ3v) is 5.96. The fraction of sp³-hybridized carbons (Fsp3) is 0.312. The summed E-state index contributed by atoms with van der Waals surface area (Å²) < 4.78 is 2.99. The number of amides is 1. The van der Waals surface area contributed by atoms with Crippen LogP contribution in [0, 0.1) is 20.8 Å². The Morgan fingerprint density at radius 1 is 1.38 bits per heavy atom. The second kappa shape index (κ2) is 7.42. The van der Waals surface area contributed by atoms with Crippen LogP contribution in [0.3, 0.4) is 0 Å². The van der Waals surface area contributed by atoms with Crippen molar-refractivity contribution in [3.8, 4) is 0 Å². The van der Waals surface area contributed by atoms with Gasteiger partial charge in [-0.05, 0) is 26.3 Å². The summed E-state index contributed by atoms with van der Waals surface area (Å²) in [5.41, 5.74) is 3.20. The van der Waals surface area contributed by atoms with Crippen molar-refractivity contribution in [2.75, 3.05) is 11.2 Å². The van der Waals surface area contributed by atoms with Crippen molar-refractivity contribution in [3.63, 3.8) is 0 Å². The summed E-state index contributed by atoms with van der Waals surface area (Å²) in [6, 6.07) is 0. The minimum atomic E-state index is -0.325. The molecule has 3 rings (SSSR count). The topological polar surface area (TPSA) is 94.7 Å². The molecule has 26 heavy (non-hydrogen) atoms. The van der Waals surface area contributed by atoms with Gasteiger partial charge in [-0.3, -0.25) is 15.0 Å². The van der Waals surface area contributed by atoms with E-state index in [9.17, 15) is 9.59 Å². The zero-order valence-electron chi connectivity index (χ0n) is 14.6. The van der Waals surface area contributed by atoms with Crippen molar-refractivity contribution in [2.45, 2.75) is 32.5 Å². The summed E-state index contributed by atoms with van der Waals surface area (Å²) in [6.07, 6.45) is 3.08. The monoisotopic (exact) mass is 390 g/mol. The van der Waals surface area contributed by atoms with Gasteiger partial charge in [-0.2, -0.15) is 0 Å². The predicted octanol–water partition coefficient (Wildman–Crippen LogP) is 2.02. The SMILES string of the molecule is C=CCn1c(C)nnc1SCC(=O)Nn1cnc2sc(C)c(C)c2c1=O. The molecule has 0 aliphatic carbocycles. The van der Waals surface area contributed by atoms with Crippen LogP contribution in [0.5, 0.6) is 0 Å². The Morgan fingerprint density at radius 3 is 2.88 bits per heavy atom. The minimum absolute atomic E-state index is 0.0986. The first-order valence-corrected chi connectivity index (χ1v) is 9.63.